The minimum atomic E-state index is 0.450. The Hall–Kier alpha value is -3.09. The molecule has 0 fully saturated rings. The summed E-state index contributed by atoms with van der Waals surface area (Å²) in [6.07, 6.45) is 1.76. The fourth-order valence-corrected chi connectivity index (χ4v) is 3.73. The Morgan fingerprint density at radius 1 is 1.07 bits per heavy atom. The van der Waals surface area contributed by atoms with Gasteiger partial charge in [-0.3, -0.25) is 5.43 Å². The molecular weight excluding hydrogens is 384 g/mol. The van der Waals surface area contributed by atoms with Crippen molar-refractivity contribution in [3.8, 4) is 11.3 Å². The zero-order valence-corrected chi connectivity index (χ0v) is 16.8. The Balaban J connectivity index is 1.42. The van der Waals surface area contributed by atoms with Crippen molar-refractivity contribution < 1.29 is 0 Å². The second-order valence-corrected chi connectivity index (χ2v) is 7.67. The molecule has 4 aromatic rings. The van der Waals surface area contributed by atoms with Crippen LogP contribution in [-0.2, 0) is 0 Å². The highest BCUT2D eigenvalue weighted by Crippen LogP contribution is 2.25. The van der Waals surface area contributed by atoms with Gasteiger partial charge in [0.1, 0.15) is 0 Å². The van der Waals surface area contributed by atoms with Crippen LogP contribution in [0.1, 0.15) is 10.4 Å². The summed E-state index contributed by atoms with van der Waals surface area (Å²) in [7, 11) is 0. The number of aryl methyl sites for hydroxylation is 1. The third-order valence-electron chi connectivity index (χ3n) is 4.15. The van der Waals surface area contributed by atoms with Crippen LogP contribution in [0.15, 0.2) is 77.2 Å². The first kappa shape index (κ1) is 18.3. The van der Waals surface area contributed by atoms with Crippen LogP contribution < -0.4 is 10.7 Å². The van der Waals surface area contributed by atoms with Crippen molar-refractivity contribution in [2.24, 2.45) is 5.10 Å². The van der Waals surface area contributed by atoms with E-state index in [4.69, 9.17) is 17.2 Å². The number of hydrogen-bond acceptors (Lipinski definition) is 4. The highest BCUT2D eigenvalue weighted by molar-refractivity contribution is 7.80. The van der Waals surface area contributed by atoms with Gasteiger partial charge in [0.05, 0.1) is 17.4 Å². The predicted octanol–water partition coefficient (Wildman–Crippen LogP) is 5.59. The molecule has 0 spiro atoms. The summed E-state index contributed by atoms with van der Waals surface area (Å²) in [5, 5.41) is 11.0. The highest BCUT2D eigenvalue weighted by atomic mass is 32.1. The number of benzene rings is 2. The molecule has 2 heterocycles. The van der Waals surface area contributed by atoms with Crippen LogP contribution in [0.4, 0.5) is 5.69 Å². The zero-order chi connectivity index (χ0) is 19.3. The van der Waals surface area contributed by atoms with Crippen LogP contribution in [0.25, 0.3) is 22.2 Å². The molecule has 2 aromatic carbocycles. The quantitative estimate of drug-likeness (QED) is 0.265. The lowest BCUT2D eigenvalue weighted by molar-refractivity contribution is 1.05. The molecular formula is C22H18N4S2. The monoisotopic (exact) mass is 402 g/mol. The summed E-state index contributed by atoms with van der Waals surface area (Å²) < 4.78 is 0. The summed E-state index contributed by atoms with van der Waals surface area (Å²) in [5.74, 6) is 0. The number of nitrogens with zero attached hydrogens (tertiary/aromatic N) is 2. The summed E-state index contributed by atoms with van der Waals surface area (Å²) in [5.41, 5.74) is 8.05. The van der Waals surface area contributed by atoms with Crippen molar-refractivity contribution >= 4 is 51.5 Å². The Labute approximate surface area is 173 Å². The number of thiocarbonyl (C=S) groups is 1. The van der Waals surface area contributed by atoms with E-state index in [2.05, 4.69) is 64.5 Å². The van der Waals surface area contributed by atoms with E-state index in [1.165, 1.54) is 5.56 Å². The molecule has 0 radical (unpaired) electrons. The average molecular weight is 403 g/mol. The van der Waals surface area contributed by atoms with Gasteiger partial charge < -0.3 is 5.32 Å². The molecule has 0 atom stereocenters. The number of aromatic nitrogens is 1. The SMILES string of the molecule is Cc1ccc2nc(-c3csc(/C=N/NC(=S)Nc4ccccc4)c3)ccc2c1. The van der Waals surface area contributed by atoms with Gasteiger partial charge in [-0.25, -0.2) is 4.98 Å². The van der Waals surface area contributed by atoms with Crippen molar-refractivity contribution in [1.82, 2.24) is 10.4 Å². The second-order valence-electron chi connectivity index (χ2n) is 6.32. The first-order valence-electron chi connectivity index (χ1n) is 8.79. The Morgan fingerprint density at radius 3 is 2.79 bits per heavy atom. The van der Waals surface area contributed by atoms with Gasteiger partial charge in [-0.2, -0.15) is 5.10 Å². The van der Waals surface area contributed by atoms with E-state index in [9.17, 15) is 0 Å². The smallest absolute Gasteiger partial charge is 0.191 e. The lowest BCUT2D eigenvalue weighted by Gasteiger charge is -2.05. The van der Waals surface area contributed by atoms with Gasteiger partial charge in [0.25, 0.3) is 0 Å². The standard InChI is InChI=1S/C22H18N4S2/c1-15-7-9-20-16(11-15)8-10-21(25-20)17-12-19(28-14-17)13-23-26-22(27)24-18-5-3-2-4-6-18/h2-14H,1H3,(H2,24,26,27)/b23-13+. The van der Waals surface area contributed by atoms with Crippen LogP contribution in [0.3, 0.4) is 0 Å². The molecule has 0 aliphatic rings. The third kappa shape index (κ3) is 4.42. The number of rotatable bonds is 4. The molecule has 4 nitrogen and oxygen atoms in total. The van der Waals surface area contributed by atoms with Crippen molar-refractivity contribution in [2.75, 3.05) is 5.32 Å². The Kier molecular flexibility index (Phi) is 5.41. The lowest BCUT2D eigenvalue weighted by atomic mass is 10.1. The third-order valence-corrected chi connectivity index (χ3v) is 5.21. The number of pyridine rings is 1. The van der Waals surface area contributed by atoms with Gasteiger partial charge in [-0.05, 0) is 55.5 Å². The van der Waals surface area contributed by atoms with Crippen LogP contribution in [-0.4, -0.2) is 16.3 Å². The minimum Gasteiger partial charge on any atom is -0.331 e. The van der Waals surface area contributed by atoms with Gasteiger partial charge in [0.15, 0.2) is 5.11 Å². The van der Waals surface area contributed by atoms with Crippen LogP contribution in [0, 0.1) is 6.92 Å². The molecule has 0 saturated carbocycles. The zero-order valence-electron chi connectivity index (χ0n) is 15.2. The van der Waals surface area contributed by atoms with Gasteiger partial charge in [0.2, 0.25) is 0 Å². The molecule has 0 aliphatic heterocycles. The fraction of sp³-hybridized carbons (Fsp3) is 0.0455. The minimum absolute atomic E-state index is 0.450. The second kappa shape index (κ2) is 8.29. The van der Waals surface area contributed by atoms with Gasteiger partial charge >= 0.3 is 0 Å². The van der Waals surface area contributed by atoms with Crippen molar-refractivity contribution in [1.29, 1.82) is 0 Å². The van der Waals surface area contributed by atoms with Gasteiger partial charge in [0, 0.05) is 26.9 Å². The van der Waals surface area contributed by atoms with E-state index in [1.807, 2.05) is 30.3 Å². The van der Waals surface area contributed by atoms with Crippen molar-refractivity contribution in [2.45, 2.75) is 6.92 Å². The van der Waals surface area contributed by atoms with E-state index in [-0.39, 0.29) is 0 Å². The largest absolute Gasteiger partial charge is 0.331 e. The molecule has 2 aromatic heterocycles. The van der Waals surface area contributed by atoms with Crippen LogP contribution in [0.5, 0.6) is 0 Å². The van der Waals surface area contributed by atoms with Gasteiger partial charge in [-0.1, -0.05) is 35.9 Å². The molecule has 0 unspecified atom stereocenters. The molecule has 138 valence electrons. The fourth-order valence-electron chi connectivity index (χ4n) is 2.80. The number of para-hydroxylation sites is 1. The summed E-state index contributed by atoms with van der Waals surface area (Å²) >= 11 is 6.86. The van der Waals surface area contributed by atoms with Crippen molar-refractivity contribution in [3.63, 3.8) is 0 Å². The number of hydrogen-bond donors (Lipinski definition) is 2. The molecule has 0 aliphatic carbocycles. The maximum Gasteiger partial charge on any atom is 0.191 e. The number of hydrazone groups is 1. The van der Waals surface area contributed by atoms with Crippen LogP contribution in [0.2, 0.25) is 0 Å². The normalized spacial score (nSPS) is 11.0. The van der Waals surface area contributed by atoms with E-state index in [0.29, 0.717) is 5.11 Å². The Bertz CT molecular complexity index is 1150. The van der Waals surface area contributed by atoms with E-state index in [1.54, 1.807) is 17.6 Å². The highest BCUT2D eigenvalue weighted by Gasteiger charge is 2.05. The van der Waals surface area contributed by atoms with Crippen LogP contribution >= 0.6 is 23.6 Å². The molecule has 4 rings (SSSR count). The number of thiophene rings is 1. The molecule has 28 heavy (non-hydrogen) atoms. The number of nitrogens with one attached hydrogen (secondary N) is 2. The van der Waals surface area contributed by atoms with Gasteiger partial charge in [-0.15, -0.1) is 11.3 Å². The maximum atomic E-state index is 5.24. The predicted molar refractivity (Wildman–Crippen MR) is 123 cm³/mol. The number of anilines is 1. The maximum absolute atomic E-state index is 5.24. The summed E-state index contributed by atoms with van der Waals surface area (Å²) in [4.78, 5) is 5.79. The van der Waals surface area contributed by atoms with E-state index >= 15 is 0 Å². The molecule has 2 N–H and O–H groups in total. The number of fused-ring (bicyclic) bond motifs is 1. The molecule has 0 amide bonds. The first-order valence-corrected chi connectivity index (χ1v) is 10.1. The summed E-state index contributed by atoms with van der Waals surface area (Å²) in [6, 6.07) is 22.3. The Morgan fingerprint density at radius 2 is 1.93 bits per heavy atom. The molecule has 0 saturated heterocycles. The summed E-state index contributed by atoms with van der Waals surface area (Å²) in [6.45, 7) is 2.09. The lowest BCUT2D eigenvalue weighted by Crippen LogP contribution is -2.23. The topological polar surface area (TPSA) is 49.3 Å². The van der Waals surface area contributed by atoms with Crippen molar-refractivity contribution in [3.05, 3.63) is 82.6 Å². The molecule has 0 bridgehead atoms. The first-order chi connectivity index (χ1) is 13.7. The van der Waals surface area contributed by atoms with E-state index < -0.39 is 0 Å². The van der Waals surface area contributed by atoms with E-state index in [0.717, 1.165) is 32.7 Å². The molecule has 6 heteroatoms. The average Bonchev–Trinajstić information content (AvgIpc) is 3.17.